The third-order valence-electron chi connectivity index (χ3n) is 2.97. The molecule has 0 bridgehead atoms. The number of rotatable bonds is 3. The van der Waals surface area contributed by atoms with Crippen LogP contribution >= 0.6 is 0 Å². The summed E-state index contributed by atoms with van der Waals surface area (Å²) in [7, 11) is 0. The lowest BCUT2D eigenvalue weighted by atomic mass is 10.2. The van der Waals surface area contributed by atoms with E-state index in [0.29, 0.717) is 31.3 Å². The molecule has 2 amide bonds. The molecule has 108 valence electrons. The smallest absolute Gasteiger partial charge is 0.320 e. The monoisotopic (exact) mass is 285 g/mol. The Morgan fingerprint density at radius 3 is 2.81 bits per heavy atom. The number of carbonyl (C=O) groups is 1. The average Bonchev–Trinajstić information content (AvgIpc) is 2.54. The Hall–Kier alpha value is -2.76. The molecule has 0 saturated carbocycles. The van der Waals surface area contributed by atoms with Crippen molar-refractivity contribution in [1.29, 1.82) is 0 Å². The Morgan fingerprint density at radius 2 is 2.00 bits per heavy atom. The number of benzene rings is 1. The number of anilines is 1. The lowest BCUT2D eigenvalue weighted by Gasteiger charge is -2.19. The zero-order valence-corrected chi connectivity index (χ0v) is 11.3. The van der Waals surface area contributed by atoms with Gasteiger partial charge in [-0.2, -0.15) is 0 Å². The second-order valence-electron chi connectivity index (χ2n) is 4.50. The van der Waals surface area contributed by atoms with Crippen LogP contribution in [0.2, 0.25) is 0 Å². The molecular weight excluding hydrogens is 270 g/mol. The average molecular weight is 285 g/mol. The van der Waals surface area contributed by atoms with Crippen LogP contribution in [-0.4, -0.2) is 24.2 Å². The van der Waals surface area contributed by atoms with Gasteiger partial charge in [0.15, 0.2) is 11.5 Å². The summed E-state index contributed by atoms with van der Waals surface area (Å²) in [5.74, 6) is 1.96. The molecule has 0 unspecified atom stereocenters. The van der Waals surface area contributed by atoms with Crippen molar-refractivity contribution in [3.8, 4) is 11.5 Å². The van der Waals surface area contributed by atoms with Gasteiger partial charge in [-0.1, -0.05) is 12.1 Å². The normalized spacial score (nSPS) is 12.6. The Labute approximate surface area is 122 Å². The van der Waals surface area contributed by atoms with Crippen molar-refractivity contribution in [2.75, 3.05) is 18.5 Å². The molecule has 1 aromatic heterocycles. The van der Waals surface area contributed by atoms with E-state index in [2.05, 4.69) is 15.6 Å². The highest BCUT2D eigenvalue weighted by molar-refractivity contribution is 5.88. The first kappa shape index (κ1) is 13.2. The fourth-order valence-corrected chi connectivity index (χ4v) is 1.98. The van der Waals surface area contributed by atoms with Gasteiger partial charge in [0.1, 0.15) is 19.0 Å². The first-order valence-corrected chi connectivity index (χ1v) is 6.66. The van der Waals surface area contributed by atoms with Gasteiger partial charge in [0.05, 0.1) is 0 Å². The summed E-state index contributed by atoms with van der Waals surface area (Å²) in [4.78, 5) is 15.8. The maximum atomic E-state index is 11.8. The van der Waals surface area contributed by atoms with Crippen LogP contribution in [0, 0.1) is 0 Å². The van der Waals surface area contributed by atoms with Gasteiger partial charge in [-0.25, -0.2) is 9.78 Å². The number of aromatic nitrogens is 1. The van der Waals surface area contributed by atoms with Gasteiger partial charge in [0.2, 0.25) is 0 Å². The summed E-state index contributed by atoms with van der Waals surface area (Å²) < 4.78 is 11.0. The molecule has 0 radical (unpaired) electrons. The second-order valence-corrected chi connectivity index (χ2v) is 4.50. The number of carbonyl (C=O) groups excluding carboxylic acids is 1. The van der Waals surface area contributed by atoms with E-state index in [4.69, 9.17) is 9.47 Å². The second kappa shape index (κ2) is 6.13. The number of urea groups is 1. The molecule has 1 aromatic carbocycles. The molecule has 0 fully saturated rings. The predicted octanol–water partition coefficient (Wildman–Crippen LogP) is 2.17. The summed E-state index contributed by atoms with van der Waals surface area (Å²) in [6, 6.07) is 10.6. The molecule has 21 heavy (non-hydrogen) atoms. The van der Waals surface area contributed by atoms with Crippen LogP contribution in [0.25, 0.3) is 0 Å². The summed E-state index contributed by atoms with van der Waals surface area (Å²) in [6.07, 6.45) is 1.62. The first-order chi connectivity index (χ1) is 10.3. The number of hydrogen-bond donors (Lipinski definition) is 2. The van der Waals surface area contributed by atoms with Crippen molar-refractivity contribution >= 4 is 11.8 Å². The van der Waals surface area contributed by atoms with Gasteiger partial charge in [0, 0.05) is 12.7 Å². The Morgan fingerprint density at radius 1 is 1.14 bits per heavy atom. The summed E-state index contributed by atoms with van der Waals surface area (Å²) in [6.45, 7) is 1.51. The van der Waals surface area contributed by atoms with E-state index < -0.39 is 0 Å². The number of amides is 2. The SMILES string of the molecule is O=C(NCc1ccc2c(c1)OCCO2)Nc1ccccn1. The number of pyridine rings is 1. The Bertz CT molecular complexity index is 631. The minimum atomic E-state index is -0.302. The van der Waals surface area contributed by atoms with Crippen molar-refractivity contribution in [3.63, 3.8) is 0 Å². The van der Waals surface area contributed by atoms with Crippen molar-refractivity contribution in [2.24, 2.45) is 0 Å². The summed E-state index contributed by atoms with van der Waals surface area (Å²) >= 11 is 0. The fourth-order valence-electron chi connectivity index (χ4n) is 1.98. The van der Waals surface area contributed by atoms with Crippen LogP contribution in [0.4, 0.5) is 10.6 Å². The van der Waals surface area contributed by atoms with Crippen LogP contribution in [0.1, 0.15) is 5.56 Å². The molecule has 0 aliphatic carbocycles. The van der Waals surface area contributed by atoms with E-state index in [1.165, 1.54) is 0 Å². The highest BCUT2D eigenvalue weighted by atomic mass is 16.6. The van der Waals surface area contributed by atoms with Gasteiger partial charge >= 0.3 is 6.03 Å². The maximum absolute atomic E-state index is 11.8. The molecule has 6 heteroatoms. The number of nitrogens with zero attached hydrogens (tertiary/aromatic N) is 1. The fraction of sp³-hybridized carbons (Fsp3) is 0.200. The topological polar surface area (TPSA) is 72.5 Å². The molecule has 0 spiro atoms. The maximum Gasteiger partial charge on any atom is 0.320 e. The molecule has 2 aromatic rings. The van der Waals surface area contributed by atoms with Gasteiger partial charge in [-0.15, -0.1) is 0 Å². The summed E-state index contributed by atoms with van der Waals surface area (Å²) in [5, 5.41) is 5.43. The predicted molar refractivity (Wildman–Crippen MR) is 77.5 cm³/mol. The van der Waals surface area contributed by atoms with E-state index in [0.717, 1.165) is 11.3 Å². The standard InChI is InChI=1S/C15H15N3O3/c19-15(18-14-3-1-2-6-16-14)17-10-11-4-5-12-13(9-11)21-8-7-20-12/h1-6,9H,7-8,10H2,(H2,16,17,18,19). The molecule has 1 aliphatic heterocycles. The Kier molecular flexibility index (Phi) is 3.86. The van der Waals surface area contributed by atoms with E-state index in [1.54, 1.807) is 18.3 Å². The van der Waals surface area contributed by atoms with Crippen LogP contribution in [0.3, 0.4) is 0 Å². The molecule has 0 saturated heterocycles. The molecule has 0 atom stereocenters. The van der Waals surface area contributed by atoms with Crippen LogP contribution < -0.4 is 20.1 Å². The van der Waals surface area contributed by atoms with Gasteiger partial charge < -0.3 is 14.8 Å². The molecule has 3 rings (SSSR count). The van der Waals surface area contributed by atoms with Crippen molar-refractivity contribution in [2.45, 2.75) is 6.54 Å². The molecule has 6 nitrogen and oxygen atoms in total. The summed E-state index contributed by atoms with van der Waals surface area (Å²) in [5.41, 5.74) is 0.940. The number of nitrogens with one attached hydrogen (secondary N) is 2. The van der Waals surface area contributed by atoms with Crippen molar-refractivity contribution in [3.05, 3.63) is 48.2 Å². The van der Waals surface area contributed by atoms with Crippen molar-refractivity contribution in [1.82, 2.24) is 10.3 Å². The lowest BCUT2D eigenvalue weighted by Crippen LogP contribution is -2.28. The minimum Gasteiger partial charge on any atom is -0.486 e. The Balaban J connectivity index is 1.56. The molecule has 2 N–H and O–H groups in total. The number of hydrogen-bond acceptors (Lipinski definition) is 4. The van der Waals surface area contributed by atoms with Gasteiger partial charge in [-0.05, 0) is 29.8 Å². The quantitative estimate of drug-likeness (QED) is 0.906. The van der Waals surface area contributed by atoms with Gasteiger partial charge in [-0.3, -0.25) is 5.32 Å². The van der Waals surface area contributed by atoms with Crippen LogP contribution in [-0.2, 0) is 6.54 Å². The molecule has 1 aliphatic rings. The minimum absolute atomic E-state index is 0.302. The van der Waals surface area contributed by atoms with E-state index >= 15 is 0 Å². The molecular formula is C15H15N3O3. The van der Waals surface area contributed by atoms with E-state index in [-0.39, 0.29) is 6.03 Å². The lowest BCUT2D eigenvalue weighted by molar-refractivity contribution is 0.171. The zero-order valence-electron chi connectivity index (χ0n) is 11.3. The van der Waals surface area contributed by atoms with Crippen LogP contribution in [0.5, 0.6) is 11.5 Å². The first-order valence-electron chi connectivity index (χ1n) is 6.66. The molecule has 2 heterocycles. The number of fused-ring (bicyclic) bond motifs is 1. The highest BCUT2D eigenvalue weighted by Crippen LogP contribution is 2.30. The zero-order chi connectivity index (χ0) is 14.5. The third-order valence-corrected chi connectivity index (χ3v) is 2.97. The van der Waals surface area contributed by atoms with Gasteiger partial charge in [0.25, 0.3) is 0 Å². The largest absolute Gasteiger partial charge is 0.486 e. The van der Waals surface area contributed by atoms with E-state index in [9.17, 15) is 4.79 Å². The van der Waals surface area contributed by atoms with Crippen LogP contribution in [0.15, 0.2) is 42.6 Å². The number of ether oxygens (including phenoxy) is 2. The third kappa shape index (κ3) is 3.42. The van der Waals surface area contributed by atoms with E-state index in [1.807, 2.05) is 24.3 Å². The highest BCUT2D eigenvalue weighted by Gasteiger charge is 2.12. The van der Waals surface area contributed by atoms with Crippen molar-refractivity contribution < 1.29 is 14.3 Å².